The van der Waals surface area contributed by atoms with Gasteiger partial charge in [-0.1, -0.05) is 25.8 Å². The minimum absolute atomic E-state index is 0.148. The first-order valence-corrected chi connectivity index (χ1v) is 9.48. The van der Waals surface area contributed by atoms with Crippen LogP contribution in [0.1, 0.15) is 42.2 Å². The van der Waals surface area contributed by atoms with Crippen LogP contribution < -0.4 is 10.1 Å². The predicted octanol–water partition coefficient (Wildman–Crippen LogP) is 3.47. The number of halogens is 2. The van der Waals surface area contributed by atoms with Crippen LogP contribution in [-0.4, -0.2) is 33.0 Å². The van der Waals surface area contributed by atoms with Gasteiger partial charge in [-0.3, -0.25) is 9.20 Å². The molecule has 0 saturated carbocycles. The largest absolute Gasteiger partial charge is 0.485 e. The molecule has 3 rings (SSSR count). The summed E-state index contributed by atoms with van der Waals surface area (Å²) in [5.74, 6) is -1.46. The van der Waals surface area contributed by atoms with Crippen molar-refractivity contribution < 1.29 is 23.4 Å². The number of unbranched alkanes of at least 4 members (excludes halogenated alkanes) is 1. The summed E-state index contributed by atoms with van der Waals surface area (Å²) in [5.41, 5.74) is 0.446. The van der Waals surface area contributed by atoms with E-state index in [-0.39, 0.29) is 36.4 Å². The van der Waals surface area contributed by atoms with Crippen LogP contribution >= 0.6 is 0 Å². The van der Waals surface area contributed by atoms with Gasteiger partial charge in [0.05, 0.1) is 24.4 Å². The van der Waals surface area contributed by atoms with Gasteiger partial charge in [-0.05, 0) is 30.7 Å². The fraction of sp³-hybridized carbons (Fsp3) is 0.333. The van der Waals surface area contributed by atoms with Crippen LogP contribution in [0.5, 0.6) is 5.75 Å². The summed E-state index contributed by atoms with van der Waals surface area (Å²) in [6.07, 6.45) is 5.58. The average molecular weight is 403 g/mol. The Bertz CT molecular complexity index is 970. The van der Waals surface area contributed by atoms with Crippen molar-refractivity contribution in [3.63, 3.8) is 0 Å². The smallest absolute Gasteiger partial charge is 0.270 e. The van der Waals surface area contributed by atoms with Crippen molar-refractivity contribution in [1.29, 1.82) is 0 Å². The third kappa shape index (κ3) is 4.71. The molecule has 0 fully saturated rings. The number of fused-ring (bicyclic) bond motifs is 1. The van der Waals surface area contributed by atoms with E-state index in [4.69, 9.17) is 4.74 Å². The molecule has 0 radical (unpaired) electrons. The molecule has 1 amide bonds. The van der Waals surface area contributed by atoms with Crippen LogP contribution in [0, 0.1) is 11.6 Å². The van der Waals surface area contributed by atoms with E-state index < -0.39 is 11.6 Å². The number of carbonyl (C=O) groups excluding carboxylic acids is 1. The van der Waals surface area contributed by atoms with Crippen LogP contribution in [0.4, 0.5) is 8.78 Å². The van der Waals surface area contributed by atoms with Crippen molar-refractivity contribution in [3.8, 4) is 5.75 Å². The summed E-state index contributed by atoms with van der Waals surface area (Å²) in [6, 6.07) is 6.54. The zero-order valence-electron chi connectivity index (χ0n) is 16.1. The van der Waals surface area contributed by atoms with E-state index in [2.05, 4.69) is 10.3 Å². The van der Waals surface area contributed by atoms with Gasteiger partial charge in [0.2, 0.25) is 0 Å². The van der Waals surface area contributed by atoms with Gasteiger partial charge in [0.25, 0.3) is 5.91 Å². The third-order valence-electron chi connectivity index (χ3n) is 4.63. The summed E-state index contributed by atoms with van der Waals surface area (Å²) in [6.45, 7) is 1.58. The number of aliphatic hydroxyl groups is 1. The Morgan fingerprint density at radius 1 is 1.28 bits per heavy atom. The van der Waals surface area contributed by atoms with Crippen molar-refractivity contribution in [2.45, 2.75) is 38.8 Å². The lowest BCUT2D eigenvalue weighted by molar-refractivity contribution is 0.0906. The van der Waals surface area contributed by atoms with Gasteiger partial charge in [0.1, 0.15) is 23.9 Å². The predicted molar refractivity (Wildman–Crippen MR) is 104 cm³/mol. The molecular weight excluding hydrogens is 380 g/mol. The topological polar surface area (TPSA) is 75.9 Å². The number of nitrogens with zero attached hydrogens (tertiary/aromatic N) is 2. The van der Waals surface area contributed by atoms with Gasteiger partial charge < -0.3 is 15.2 Å². The lowest BCUT2D eigenvalue weighted by Crippen LogP contribution is -2.38. The summed E-state index contributed by atoms with van der Waals surface area (Å²) >= 11 is 0. The molecule has 2 N–H and O–H groups in total. The molecule has 2 heterocycles. The second kappa shape index (κ2) is 9.47. The Morgan fingerprint density at radius 2 is 2.03 bits per heavy atom. The molecular formula is C21H23F2N3O3. The monoisotopic (exact) mass is 403 g/mol. The zero-order valence-corrected chi connectivity index (χ0v) is 16.1. The lowest BCUT2D eigenvalue weighted by atomic mass is 10.1. The van der Waals surface area contributed by atoms with Crippen molar-refractivity contribution in [3.05, 3.63) is 65.6 Å². The van der Waals surface area contributed by atoms with Gasteiger partial charge in [-0.2, -0.15) is 0 Å². The van der Waals surface area contributed by atoms with Gasteiger partial charge >= 0.3 is 0 Å². The minimum Gasteiger partial charge on any atom is -0.485 e. The lowest BCUT2D eigenvalue weighted by Gasteiger charge is -2.15. The van der Waals surface area contributed by atoms with E-state index >= 15 is 0 Å². The maximum absolute atomic E-state index is 13.8. The molecule has 0 aliphatic heterocycles. The number of hydrogen-bond donors (Lipinski definition) is 2. The van der Waals surface area contributed by atoms with Gasteiger partial charge in [0.15, 0.2) is 11.4 Å². The van der Waals surface area contributed by atoms with Crippen LogP contribution in [0.3, 0.4) is 0 Å². The average Bonchev–Trinajstić information content (AvgIpc) is 3.15. The normalized spacial score (nSPS) is 12.1. The van der Waals surface area contributed by atoms with E-state index in [1.165, 1.54) is 16.7 Å². The maximum atomic E-state index is 13.8. The van der Waals surface area contributed by atoms with Crippen LogP contribution in [-0.2, 0) is 6.61 Å². The molecule has 1 aromatic carbocycles. The van der Waals surface area contributed by atoms with Crippen LogP contribution in [0.15, 0.2) is 42.7 Å². The molecule has 0 spiro atoms. The first-order valence-electron chi connectivity index (χ1n) is 9.48. The molecule has 0 aliphatic rings. The first-order chi connectivity index (χ1) is 14.0. The molecule has 0 saturated heterocycles. The Labute approximate surface area is 167 Å². The molecule has 0 aliphatic carbocycles. The number of aromatic nitrogens is 2. The summed E-state index contributed by atoms with van der Waals surface area (Å²) in [4.78, 5) is 16.8. The standard InChI is InChI=1S/C21H23F2N3O3/c1-2-3-6-14(12-27)25-21(28)18-11-24-20-19(9-5-10-26(18)20)29-13-15-16(22)7-4-8-17(15)23/h4-5,7-11,14,27H,2-3,6,12-13H2,1H3,(H,25,28)/t14-/m1/s1. The molecule has 1 atom stereocenters. The molecule has 29 heavy (non-hydrogen) atoms. The number of benzene rings is 1. The summed E-state index contributed by atoms with van der Waals surface area (Å²) in [5, 5.41) is 12.3. The molecule has 2 aromatic heterocycles. The Kier molecular flexibility index (Phi) is 6.77. The number of aliphatic hydroxyl groups excluding tert-OH is 1. The SMILES string of the molecule is CCCC[C@H](CO)NC(=O)c1cnc2c(OCc3c(F)cccc3F)cccn12. The first kappa shape index (κ1) is 20.7. The van der Waals surface area contributed by atoms with Crippen LogP contribution in [0.25, 0.3) is 5.65 Å². The number of ether oxygens (including phenoxy) is 1. The minimum atomic E-state index is -0.692. The number of hydrogen-bond acceptors (Lipinski definition) is 4. The van der Waals surface area contributed by atoms with E-state index in [1.54, 1.807) is 18.3 Å². The number of nitrogens with one attached hydrogen (secondary N) is 1. The second-order valence-electron chi connectivity index (χ2n) is 6.69. The second-order valence-corrected chi connectivity index (χ2v) is 6.69. The Morgan fingerprint density at radius 3 is 2.72 bits per heavy atom. The zero-order chi connectivity index (χ0) is 20.8. The Hall–Kier alpha value is -3.00. The fourth-order valence-electron chi connectivity index (χ4n) is 3.00. The molecule has 3 aromatic rings. The molecule has 6 nitrogen and oxygen atoms in total. The third-order valence-corrected chi connectivity index (χ3v) is 4.63. The van der Waals surface area contributed by atoms with Crippen molar-refractivity contribution in [2.75, 3.05) is 6.61 Å². The number of pyridine rings is 1. The molecule has 154 valence electrons. The number of carbonyl (C=O) groups is 1. The van der Waals surface area contributed by atoms with Crippen molar-refractivity contribution >= 4 is 11.6 Å². The summed E-state index contributed by atoms with van der Waals surface area (Å²) in [7, 11) is 0. The van der Waals surface area contributed by atoms with E-state index in [0.29, 0.717) is 17.8 Å². The van der Waals surface area contributed by atoms with Crippen molar-refractivity contribution in [1.82, 2.24) is 14.7 Å². The highest BCUT2D eigenvalue weighted by Crippen LogP contribution is 2.22. The van der Waals surface area contributed by atoms with Gasteiger partial charge in [-0.15, -0.1) is 0 Å². The van der Waals surface area contributed by atoms with E-state index in [1.807, 2.05) is 6.92 Å². The number of imidazole rings is 1. The number of rotatable bonds is 9. The van der Waals surface area contributed by atoms with Gasteiger partial charge in [-0.25, -0.2) is 13.8 Å². The molecule has 0 unspecified atom stereocenters. The highest BCUT2D eigenvalue weighted by atomic mass is 19.1. The van der Waals surface area contributed by atoms with Crippen molar-refractivity contribution in [2.24, 2.45) is 0 Å². The fourth-order valence-corrected chi connectivity index (χ4v) is 3.00. The van der Waals surface area contributed by atoms with Crippen LogP contribution in [0.2, 0.25) is 0 Å². The Balaban J connectivity index is 1.79. The maximum Gasteiger partial charge on any atom is 0.270 e. The van der Waals surface area contributed by atoms with Gasteiger partial charge in [0, 0.05) is 6.20 Å². The van der Waals surface area contributed by atoms with E-state index in [0.717, 1.165) is 25.0 Å². The quantitative estimate of drug-likeness (QED) is 0.574. The highest BCUT2D eigenvalue weighted by molar-refractivity contribution is 5.93. The molecule has 0 bridgehead atoms. The summed E-state index contributed by atoms with van der Waals surface area (Å²) < 4.78 is 34.7. The highest BCUT2D eigenvalue weighted by Gasteiger charge is 2.18. The van der Waals surface area contributed by atoms with E-state index in [9.17, 15) is 18.7 Å². The number of amides is 1. The molecule has 8 heteroatoms.